The van der Waals surface area contributed by atoms with Crippen LogP contribution >= 0.6 is 0 Å². The Labute approximate surface area is 147 Å². The maximum atomic E-state index is 6.14. The molecule has 0 radical (unpaired) electrons. The molecule has 0 aliphatic carbocycles. The van der Waals surface area contributed by atoms with Crippen molar-refractivity contribution in [2.45, 2.75) is 13.8 Å². The highest BCUT2D eigenvalue weighted by Gasteiger charge is 2.18. The molecule has 0 fully saturated rings. The van der Waals surface area contributed by atoms with Gasteiger partial charge in [0.1, 0.15) is 11.5 Å². The van der Waals surface area contributed by atoms with Crippen LogP contribution in [-0.4, -0.2) is 0 Å². The van der Waals surface area contributed by atoms with E-state index in [2.05, 4.69) is 30.4 Å². The van der Waals surface area contributed by atoms with Crippen molar-refractivity contribution >= 4 is 17.4 Å². The van der Waals surface area contributed by atoms with E-state index < -0.39 is 0 Å². The predicted octanol–water partition coefficient (Wildman–Crippen LogP) is 6.15. The second-order valence-electron chi connectivity index (χ2n) is 6.18. The zero-order chi connectivity index (χ0) is 17.2. The zero-order valence-electron chi connectivity index (χ0n) is 14.3. The summed E-state index contributed by atoms with van der Waals surface area (Å²) in [6.07, 6.45) is 4.28. The van der Waals surface area contributed by atoms with Crippen molar-refractivity contribution in [3.8, 4) is 5.75 Å². The Morgan fingerprint density at radius 1 is 0.840 bits per heavy atom. The average molecular weight is 327 g/mol. The lowest BCUT2D eigenvalue weighted by molar-refractivity contribution is 0.485. The van der Waals surface area contributed by atoms with Crippen LogP contribution in [0.25, 0.3) is 17.4 Å². The highest BCUT2D eigenvalue weighted by molar-refractivity contribution is 5.95. The number of rotatable bonds is 2. The van der Waals surface area contributed by atoms with E-state index >= 15 is 0 Å². The van der Waals surface area contributed by atoms with Gasteiger partial charge in [0.2, 0.25) is 0 Å². The minimum atomic E-state index is 0.861. The summed E-state index contributed by atoms with van der Waals surface area (Å²) in [5.74, 6) is 3.54. The maximum Gasteiger partial charge on any atom is 0.327 e. The van der Waals surface area contributed by atoms with Gasteiger partial charge in [-0.3, -0.25) is 0 Å². The molecular formula is C23H19O2+. The van der Waals surface area contributed by atoms with Crippen molar-refractivity contribution in [1.29, 1.82) is 0 Å². The SMILES string of the molecule is Cc1cc(/C=C2/C=C(c3ccccc3)Oc3ccccc32)cc(C)[o+]1. The van der Waals surface area contributed by atoms with Crippen LogP contribution in [0.5, 0.6) is 5.75 Å². The van der Waals surface area contributed by atoms with Gasteiger partial charge in [0.15, 0.2) is 0 Å². The normalized spacial score (nSPS) is 14.6. The van der Waals surface area contributed by atoms with Gasteiger partial charge in [-0.2, -0.15) is 0 Å². The third-order valence-corrected chi connectivity index (χ3v) is 4.15. The molecule has 0 N–H and O–H groups in total. The highest BCUT2D eigenvalue weighted by Crippen LogP contribution is 2.37. The lowest BCUT2D eigenvalue weighted by atomic mass is 9.97. The molecule has 2 heteroatoms. The van der Waals surface area contributed by atoms with E-state index in [1.54, 1.807) is 0 Å². The summed E-state index contributed by atoms with van der Waals surface area (Å²) in [6.45, 7) is 3.94. The highest BCUT2D eigenvalue weighted by atomic mass is 16.5. The first kappa shape index (κ1) is 15.4. The first-order chi connectivity index (χ1) is 12.2. The molecule has 2 nitrogen and oxygen atoms in total. The molecule has 0 spiro atoms. The summed E-state index contributed by atoms with van der Waals surface area (Å²) in [6, 6.07) is 22.4. The number of para-hydroxylation sites is 1. The first-order valence-corrected chi connectivity index (χ1v) is 8.36. The van der Waals surface area contributed by atoms with Crippen molar-refractivity contribution < 1.29 is 9.15 Å². The smallest absolute Gasteiger partial charge is 0.327 e. The van der Waals surface area contributed by atoms with Crippen LogP contribution in [0.3, 0.4) is 0 Å². The van der Waals surface area contributed by atoms with Crippen LogP contribution in [0.1, 0.15) is 28.2 Å². The van der Waals surface area contributed by atoms with Crippen LogP contribution in [-0.2, 0) is 0 Å². The van der Waals surface area contributed by atoms with E-state index in [4.69, 9.17) is 9.15 Å². The molecule has 1 aliphatic heterocycles. The van der Waals surface area contributed by atoms with Gasteiger partial charge in [-0.1, -0.05) is 48.5 Å². The lowest BCUT2D eigenvalue weighted by Crippen LogP contribution is -2.03. The minimum absolute atomic E-state index is 0.861. The number of fused-ring (bicyclic) bond motifs is 1. The average Bonchev–Trinajstić information content (AvgIpc) is 2.61. The summed E-state index contributed by atoms with van der Waals surface area (Å²) in [5, 5.41) is 0. The maximum absolute atomic E-state index is 6.14. The Balaban J connectivity index is 1.86. The fourth-order valence-electron chi connectivity index (χ4n) is 3.11. The van der Waals surface area contributed by atoms with Gasteiger partial charge in [-0.15, -0.1) is 0 Å². The Bertz CT molecular complexity index is 962. The second-order valence-corrected chi connectivity index (χ2v) is 6.18. The van der Waals surface area contributed by atoms with Gasteiger partial charge < -0.3 is 4.74 Å². The molecule has 0 atom stereocenters. The predicted molar refractivity (Wildman–Crippen MR) is 102 cm³/mol. The van der Waals surface area contributed by atoms with Crippen molar-refractivity contribution in [2.75, 3.05) is 0 Å². The third kappa shape index (κ3) is 3.24. The number of allylic oxidation sites excluding steroid dienone is 2. The molecule has 122 valence electrons. The van der Waals surface area contributed by atoms with E-state index in [0.717, 1.165) is 45.3 Å². The van der Waals surface area contributed by atoms with E-state index in [1.807, 2.05) is 62.4 Å². The molecule has 1 aromatic heterocycles. The minimum Gasteiger partial charge on any atom is -0.456 e. The Morgan fingerprint density at radius 2 is 1.52 bits per heavy atom. The molecule has 0 saturated heterocycles. The first-order valence-electron chi connectivity index (χ1n) is 8.36. The molecule has 4 rings (SSSR count). The summed E-state index contributed by atoms with van der Waals surface area (Å²) >= 11 is 0. The van der Waals surface area contributed by atoms with E-state index in [9.17, 15) is 0 Å². The Morgan fingerprint density at radius 3 is 2.28 bits per heavy atom. The molecule has 2 aromatic carbocycles. The van der Waals surface area contributed by atoms with Crippen molar-refractivity contribution in [3.05, 3.63) is 101 Å². The van der Waals surface area contributed by atoms with Gasteiger partial charge in [-0.25, -0.2) is 4.42 Å². The lowest BCUT2D eigenvalue weighted by Gasteiger charge is -2.20. The molecule has 25 heavy (non-hydrogen) atoms. The van der Waals surface area contributed by atoms with Crippen LogP contribution in [0.4, 0.5) is 0 Å². The number of hydrogen-bond donors (Lipinski definition) is 0. The Kier molecular flexibility index (Phi) is 3.95. The second kappa shape index (κ2) is 6.40. The largest absolute Gasteiger partial charge is 0.456 e. The summed E-state index contributed by atoms with van der Waals surface area (Å²) in [4.78, 5) is 0. The molecule has 0 unspecified atom stereocenters. The summed E-state index contributed by atoms with van der Waals surface area (Å²) in [5.41, 5.74) is 4.42. The monoisotopic (exact) mass is 327 g/mol. The van der Waals surface area contributed by atoms with Gasteiger partial charge >= 0.3 is 11.5 Å². The number of benzene rings is 2. The van der Waals surface area contributed by atoms with Crippen LogP contribution in [0, 0.1) is 13.8 Å². The van der Waals surface area contributed by atoms with Crippen LogP contribution in [0.15, 0.2) is 77.2 Å². The van der Waals surface area contributed by atoms with E-state index in [1.165, 1.54) is 0 Å². The molecule has 2 heterocycles. The zero-order valence-corrected chi connectivity index (χ0v) is 14.3. The summed E-state index contributed by atoms with van der Waals surface area (Å²) < 4.78 is 11.7. The molecule has 0 saturated carbocycles. The van der Waals surface area contributed by atoms with Gasteiger partial charge in [0.05, 0.1) is 13.8 Å². The van der Waals surface area contributed by atoms with Crippen LogP contribution in [0.2, 0.25) is 0 Å². The Hall–Kier alpha value is -3.13. The number of hydrogen-bond acceptors (Lipinski definition) is 1. The molecular weight excluding hydrogens is 308 g/mol. The number of aryl methyl sites for hydroxylation is 2. The standard InChI is InChI=1S/C23H19O2/c1-16-12-18(13-17(2)24-16)14-20-15-23(19-8-4-3-5-9-19)25-22-11-7-6-10-21(20)22/h3-15H,1-2H3/q+1. The fourth-order valence-corrected chi connectivity index (χ4v) is 3.11. The summed E-state index contributed by atoms with van der Waals surface area (Å²) in [7, 11) is 0. The third-order valence-electron chi connectivity index (χ3n) is 4.15. The topological polar surface area (TPSA) is 20.5 Å². The molecule has 0 bridgehead atoms. The van der Waals surface area contributed by atoms with Gasteiger partial charge in [0.25, 0.3) is 0 Å². The van der Waals surface area contributed by atoms with E-state index in [-0.39, 0.29) is 0 Å². The molecule has 0 amide bonds. The van der Waals surface area contributed by atoms with E-state index in [0.29, 0.717) is 0 Å². The molecule has 3 aromatic rings. The van der Waals surface area contributed by atoms with Crippen LogP contribution < -0.4 is 4.74 Å². The number of ether oxygens (including phenoxy) is 1. The van der Waals surface area contributed by atoms with Crippen molar-refractivity contribution in [1.82, 2.24) is 0 Å². The van der Waals surface area contributed by atoms with Gasteiger partial charge in [-0.05, 0) is 29.4 Å². The fraction of sp³-hybridized carbons (Fsp3) is 0.0870. The van der Waals surface area contributed by atoms with Crippen molar-refractivity contribution in [2.24, 2.45) is 0 Å². The molecule has 1 aliphatic rings. The van der Waals surface area contributed by atoms with Gasteiger partial charge in [0, 0.05) is 23.3 Å². The quantitative estimate of drug-likeness (QED) is 0.526. The van der Waals surface area contributed by atoms with Crippen molar-refractivity contribution in [3.63, 3.8) is 0 Å².